The van der Waals surface area contributed by atoms with Crippen molar-refractivity contribution in [3.05, 3.63) is 82.4 Å². The van der Waals surface area contributed by atoms with E-state index in [-0.39, 0.29) is 29.8 Å². The molecular weight excluding hydrogens is 551 g/mol. The highest BCUT2D eigenvalue weighted by Crippen LogP contribution is 2.57. The fourth-order valence-electron chi connectivity index (χ4n) is 7.08. The number of sulfonamides is 1. The minimum absolute atomic E-state index is 0.0458. The van der Waals surface area contributed by atoms with Crippen molar-refractivity contribution in [2.75, 3.05) is 0 Å². The predicted octanol–water partition coefficient (Wildman–Crippen LogP) is 7.40. The number of carbonyl (C=O) groups is 1. The third kappa shape index (κ3) is 5.30. The van der Waals surface area contributed by atoms with Crippen LogP contribution in [0.1, 0.15) is 87.8 Å². The summed E-state index contributed by atoms with van der Waals surface area (Å²) in [4.78, 5) is 16.9. The zero-order valence-corrected chi connectivity index (χ0v) is 24.8. The lowest BCUT2D eigenvalue weighted by atomic mass is 9.64. The number of amides is 1. The highest BCUT2D eigenvalue weighted by Gasteiger charge is 2.58. The zero-order chi connectivity index (χ0) is 28.0. The molecule has 2 aromatic rings. The number of piperidine rings is 1. The van der Waals surface area contributed by atoms with Crippen molar-refractivity contribution in [1.29, 1.82) is 0 Å². The SMILES string of the molecule is C=CC[C@@]1(CC)C[C@H](c2cccc(Cl)c2)[C@@H](c2ccc(Cl)cc2)N([C@@H](CC2(S(N)(=O)=O)CCC2)C2CC2)C1=O. The average molecular weight is 590 g/mol. The summed E-state index contributed by atoms with van der Waals surface area (Å²) >= 11 is 12.8. The molecule has 2 aromatic carbocycles. The molecule has 0 aromatic heterocycles. The number of likely N-dealkylation sites (tertiary alicyclic amines) is 1. The van der Waals surface area contributed by atoms with Crippen molar-refractivity contribution in [3.63, 3.8) is 0 Å². The van der Waals surface area contributed by atoms with Gasteiger partial charge in [-0.15, -0.1) is 6.58 Å². The Morgan fingerprint density at radius 1 is 1.10 bits per heavy atom. The lowest BCUT2D eigenvalue weighted by Crippen LogP contribution is -2.60. The second kappa shape index (κ2) is 10.8. The molecule has 0 spiro atoms. The molecule has 3 aliphatic rings. The van der Waals surface area contributed by atoms with Crippen LogP contribution < -0.4 is 5.14 Å². The van der Waals surface area contributed by atoms with Gasteiger partial charge in [0.2, 0.25) is 15.9 Å². The number of nitrogens with two attached hydrogens (primary N) is 1. The maximum Gasteiger partial charge on any atom is 0.229 e. The topological polar surface area (TPSA) is 80.5 Å². The first kappa shape index (κ1) is 28.7. The van der Waals surface area contributed by atoms with Gasteiger partial charge in [-0.3, -0.25) is 4.79 Å². The second-order valence-corrected chi connectivity index (χ2v) is 14.7. The molecule has 2 aliphatic carbocycles. The Morgan fingerprint density at radius 2 is 1.79 bits per heavy atom. The number of nitrogens with zero attached hydrogens (tertiary/aromatic N) is 1. The van der Waals surface area contributed by atoms with E-state index in [1.165, 1.54) is 0 Å². The lowest BCUT2D eigenvalue weighted by molar-refractivity contribution is -0.157. The number of hydrogen-bond donors (Lipinski definition) is 1. The van der Waals surface area contributed by atoms with Gasteiger partial charge in [0.05, 0.1) is 16.2 Å². The highest BCUT2D eigenvalue weighted by molar-refractivity contribution is 7.90. The van der Waals surface area contributed by atoms with Crippen molar-refractivity contribution >= 4 is 39.1 Å². The fourth-order valence-corrected chi connectivity index (χ4v) is 8.66. The van der Waals surface area contributed by atoms with Gasteiger partial charge in [-0.1, -0.05) is 66.9 Å². The van der Waals surface area contributed by atoms with Gasteiger partial charge < -0.3 is 4.90 Å². The number of benzene rings is 2. The Balaban J connectivity index is 1.70. The van der Waals surface area contributed by atoms with Crippen LogP contribution >= 0.6 is 23.2 Å². The first-order valence-corrected chi connectivity index (χ1v) is 16.3. The number of halogens is 2. The van der Waals surface area contributed by atoms with Gasteiger partial charge in [-0.05, 0) is 92.7 Å². The third-order valence-corrected chi connectivity index (χ3v) is 11.9. The molecule has 0 unspecified atom stereocenters. The highest BCUT2D eigenvalue weighted by atomic mass is 35.5. The summed E-state index contributed by atoms with van der Waals surface area (Å²) < 4.78 is 24.8. The molecule has 4 atom stereocenters. The fraction of sp³-hybridized carbons (Fsp3) is 0.516. The summed E-state index contributed by atoms with van der Waals surface area (Å²) in [5, 5.41) is 7.14. The summed E-state index contributed by atoms with van der Waals surface area (Å²) in [6.45, 7) is 6.08. The lowest BCUT2D eigenvalue weighted by Gasteiger charge is -2.55. The van der Waals surface area contributed by atoms with Crippen molar-refractivity contribution in [1.82, 2.24) is 4.90 Å². The van der Waals surface area contributed by atoms with Crippen LogP contribution in [0.5, 0.6) is 0 Å². The molecule has 5 nitrogen and oxygen atoms in total. The molecule has 5 rings (SSSR count). The van der Waals surface area contributed by atoms with E-state index in [4.69, 9.17) is 28.3 Å². The van der Waals surface area contributed by atoms with E-state index in [1.54, 1.807) is 0 Å². The molecule has 1 aliphatic heterocycles. The van der Waals surface area contributed by atoms with Crippen LogP contribution in [0.4, 0.5) is 0 Å². The molecule has 1 heterocycles. The molecule has 39 heavy (non-hydrogen) atoms. The second-order valence-electron chi connectivity index (χ2n) is 11.9. The maximum atomic E-state index is 14.8. The molecule has 2 N–H and O–H groups in total. The first-order valence-electron chi connectivity index (χ1n) is 14.0. The number of primary sulfonamides is 1. The zero-order valence-electron chi connectivity index (χ0n) is 22.5. The quantitative estimate of drug-likeness (QED) is 0.293. The minimum atomic E-state index is -3.78. The number of hydrogen-bond acceptors (Lipinski definition) is 3. The Bertz CT molecular complexity index is 1340. The van der Waals surface area contributed by atoms with E-state index in [2.05, 4.69) is 24.5 Å². The monoisotopic (exact) mass is 588 g/mol. The van der Waals surface area contributed by atoms with Crippen LogP contribution in [0.3, 0.4) is 0 Å². The summed E-state index contributed by atoms with van der Waals surface area (Å²) in [6.07, 6.45) is 7.98. The Hall–Kier alpha value is -1.86. The summed E-state index contributed by atoms with van der Waals surface area (Å²) in [5.41, 5.74) is 1.42. The van der Waals surface area contributed by atoms with E-state index >= 15 is 0 Å². The summed E-state index contributed by atoms with van der Waals surface area (Å²) in [7, 11) is -3.78. The number of allylic oxidation sites excluding steroid dienone is 1. The largest absolute Gasteiger partial charge is 0.331 e. The van der Waals surface area contributed by atoms with Gasteiger partial charge in [0.1, 0.15) is 0 Å². The first-order chi connectivity index (χ1) is 18.5. The molecule has 8 heteroatoms. The van der Waals surface area contributed by atoms with Crippen molar-refractivity contribution in [2.45, 2.75) is 87.5 Å². The Labute approximate surface area is 242 Å². The molecule has 0 radical (unpaired) electrons. The van der Waals surface area contributed by atoms with Gasteiger partial charge in [0, 0.05) is 22.0 Å². The van der Waals surface area contributed by atoms with E-state index in [0.29, 0.717) is 48.6 Å². The standard InChI is InChI=1S/C31H38Cl2N2O3S/c1-3-15-30(4-2)19-26(23-7-5-8-25(33)18-23)28(22-11-13-24(32)14-12-22)35(29(30)36)27(21-9-10-21)20-31(16-6-17-31)39(34,37)38/h3,5,7-8,11-14,18,21,26-28H,1,4,6,9-10,15-17,19-20H2,2H3,(H2,34,37,38)/t26-,27+,28-,30+/m1/s1. The number of rotatable bonds is 10. The van der Waals surface area contributed by atoms with Crippen LogP contribution in [-0.2, 0) is 14.8 Å². The minimum Gasteiger partial charge on any atom is -0.331 e. The van der Waals surface area contributed by atoms with Crippen molar-refractivity contribution in [3.8, 4) is 0 Å². The van der Waals surface area contributed by atoms with E-state index in [1.807, 2.05) is 48.5 Å². The van der Waals surface area contributed by atoms with Crippen LogP contribution in [0, 0.1) is 11.3 Å². The summed E-state index contributed by atoms with van der Waals surface area (Å²) in [5.74, 6) is 0.291. The van der Waals surface area contributed by atoms with Crippen LogP contribution in [-0.4, -0.2) is 30.0 Å². The van der Waals surface area contributed by atoms with Gasteiger partial charge in [-0.25, -0.2) is 13.6 Å². The molecule has 0 bridgehead atoms. The molecule has 1 saturated heterocycles. The van der Waals surface area contributed by atoms with Crippen molar-refractivity contribution < 1.29 is 13.2 Å². The average Bonchev–Trinajstić information content (AvgIpc) is 3.70. The van der Waals surface area contributed by atoms with Gasteiger partial charge >= 0.3 is 0 Å². The predicted molar refractivity (Wildman–Crippen MR) is 158 cm³/mol. The normalized spacial score (nSPS) is 27.6. The number of carbonyl (C=O) groups excluding carboxylic acids is 1. The molecule has 3 fully saturated rings. The molecule has 1 amide bonds. The Kier molecular flexibility index (Phi) is 7.97. The van der Waals surface area contributed by atoms with E-state index in [0.717, 1.165) is 30.4 Å². The molecular formula is C31H38Cl2N2O3S. The van der Waals surface area contributed by atoms with E-state index < -0.39 is 20.2 Å². The van der Waals surface area contributed by atoms with Crippen LogP contribution in [0.2, 0.25) is 10.0 Å². The van der Waals surface area contributed by atoms with Gasteiger partial charge in [-0.2, -0.15) is 0 Å². The molecule has 210 valence electrons. The van der Waals surface area contributed by atoms with Crippen LogP contribution in [0.25, 0.3) is 0 Å². The van der Waals surface area contributed by atoms with Crippen LogP contribution in [0.15, 0.2) is 61.2 Å². The van der Waals surface area contributed by atoms with E-state index in [9.17, 15) is 13.2 Å². The van der Waals surface area contributed by atoms with Gasteiger partial charge in [0.15, 0.2) is 0 Å². The molecule has 2 saturated carbocycles. The Morgan fingerprint density at radius 3 is 2.31 bits per heavy atom. The van der Waals surface area contributed by atoms with Crippen molar-refractivity contribution in [2.24, 2.45) is 16.5 Å². The third-order valence-electron chi connectivity index (χ3n) is 9.65. The summed E-state index contributed by atoms with van der Waals surface area (Å²) in [6, 6.07) is 15.1. The van der Waals surface area contributed by atoms with Gasteiger partial charge in [0.25, 0.3) is 0 Å². The maximum absolute atomic E-state index is 14.8. The smallest absolute Gasteiger partial charge is 0.229 e.